The van der Waals surface area contributed by atoms with Crippen molar-refractivity contribution >= 4 is 17.0 Å². The number of thiophene rings is 1. The smallest absolute Gasteiger partial charge is 0.149 e. The summed E-state index contributed by atoms with van der Waals surface area (Å²) in [7, 11) is 1.70. The molecule has 1 aromatic heterocycles. The van der Waals surface area contributed by atoms with E-state index < -0.39 is 11.6 Å². The average molecular weight is 310 g/mol. The minimum Gasteiger partial charge on any atom is -0.365 e. The lowest BCUT2D eigenvalue weighted by Crippen LogP contribution is -2.23. The molecule has 1 aromatic carbocycles. The van der Waals surface area contributed by atoms with Gasteiger partial charge in [0.1, 0.15) is 17.3 Å². The van der Waals surface area contributed by atoms with E-state index in [4.69, 9.17) is 0 Å². The Morgan fingerprint density at radius 2 is 1.86 bits per heavy atom. The summed E-state index contributed by atoms with van der Waals surface area (Å²) in [5.41, 5.74) is 1.69. The number of nitrogens with zero attached hydrogens (tertiary/aromatic N) is 1. The van der Waals surface area contributed by atoms with E-state index in [1.807, 2.05) is 30.7 Å². The van der Waals surface area contributed by atoms with Crippen molar-refractivity contribution < 1.29 is 8.78 Å². The van der Waals surface area contributed by atoms with Gasteiger partial charge < -0.3 is 10.2 Å². The molecule has 0 amide bonds. The monoisotopic (exact) mass is 310 g/mol. The fourth-order valence-electron chi connectivity index (χ4n) is 2.14. The van der Waals surface area contributed by atoms with Gasteiger partial charge in [0.2, 0.25) is 0 Å². The third-order valence-corrected chi connectivity index (χ3v) is 3.90. The Bertz CT molecular complexity index is 559. The maximum absolute atomic E-state index is 14.2. The van der Waals surface area contributed by atoms with Gasteiger partial charge >= 0.3 is 0 Å². The number of halogens is 2. The van der Waals surface area contributed by atoms with Crippen LogP contribution >= 0.6 is 11.3 Å². The molecule has 0 bridgehead atoms. The van der Waals surface area contributed by atoms with Crippen LogP contribution in [0.3, 0.4) is 0 Å². The van der Waals surface area contributed by atoms with Crippen LogP contribution in [-0.2, 0) is 13.1 Å². The van der Waals surface area contributed by atoms with Gasteiger partial charge in [0.05, 0.1) is 0 Å². The SMILES string of the molecule is CC(C)NCc1cc(F)c(N(C)Cc2ccsc2)c(F)c1. The van der Waals surface area contributed by atoms with Crippen molar-refractivity contribution in [3.8, 4) is 0 Å². The van der Waals surface area contributed by atoms with E-state index in [0.29, 0.717) is 18.7 Å². The van der Waals surface area contributed by atoms with Crippen LogP contribution in [0.1, 0.15) is 25.0 Å². The molecule has 0 unspecified atom stereocenters. The molecule has 1 heterocycles. The zero-order valence-electron chi connectivity index (χ0n) is 12.5. The van der Waals surface area contributed by atoms with E-state index in [-0.39, 0.29) is 11.7 Å². The van der Waals surface area contributed by atoms with Gasteiger partial charge in [-0.05, 0) is 40.1 Å². The highest BCUT2D eigenvalue weighted by Crippen LogP contribution is 2.26. The fourth-order valence-corrected chi connectivity index (χ4v) is 2.80. The summed E-state index contributed by atoms with van der Waals surface area (Å²) < 4.78 is 28.4. The van der Waals surface area contributed by atoms with Crippen LogP contribution in [0.25, 0.3) is 0 Å². The van der Waals surface area contributed by atoms with Gasteiger partial charge in [-0.15, -0.1) is 0 Å². The summed E-state index contributed by atoms with van der Waals surface area (Å²) in [6, 6.07) is 5.03. The Balaban J connectivity index is 2.16. The molecule has 2 rings (SSSR count). The zero-order valence-corrected chi connectivity index (χ0v) is 13.3. The van der Waals surface area contributed by atoms with Gasteiger partial charge in [-0.2, -0.15) is 11.3 Å². The van der Waals surface area contributed by atoms with Crippen molar-refractivity contribution in [2.45, 2.75) is 33.0 Å². The molecule has 2 aromatic rings. The van der Waals surface area contributed by atoms with Gasteiger partial charge in [0.25, 0.3) is 0 Å². The molecule has 0 atom stereocenters. The normalized spacial score (nSPS) is 11.1. The average Bonchev–Trinajstić information content (AvgIpc) is 2.88. The second-order valence-corrected chi connectivity index (χ2v) is 6.21. The third kappa shape index (κ3) is 4.25. The largest absolute Gasteiger partial charge is 0.365 e. The number of benzene rings is 1. The summed E-state index contributed by atoms with van der Waals surface area (Å²) >= 11 is 1.57. The topological polar surface area (TPSA) is 15.3 Å². The Kier molecular flexibility index (Phi) is 5.31. The highest BCUT2D eigenvalue weighted by molar-refractivity contribution is 7.07. The second-order valence-electron chi connectivity index (χ2n) is 5.43. The Morgan fingerprint density at radius 3 is 2.38 bits per heavy atom. The molecule has 0 aliphatic rings. The molecule has 0 fully saturated rings. The van der Waals surface area contributed by atoms with E-state index in [2.05, 4.69) is 5.32 Å². The molecule has 0 saturated heterocycles. The lowest BCUT2D eigenvalue weighted by atomic mass is 10.1. The first-order valence-corrected chi connectivity index (χ1v) is 7.85. The molecule has 0 aliphatic heterocycles. The first-order chi connectivity index (χ1) is 9.97. The standard InChI is InChI=1S/C16H20F2N2S/c1-11(2)19-8-13-6-14(17)16(15(18)7-13)20(3)9-12-4-5-21-10-12/h4-7,10-11,19H,8-9H2,1-3H3. The van der Waals surface area contributed by atoms with E-state index in [1.54, 1.807) is 23.3 Å². The molecule has 5 heteroatoms. The van der Waals surface area contributed by atoms with Crippen molar-refractivity contribution in [3.05, 3.63) is 51.7 Å². The van der Waals surface area contributed by atoms with E-state index in [0.717, 1.165) is 5.56 Å². The van der Waals surface area contributed by atoms with Gasteiger partial charge in [0.15, 0.2) is 0 Å². The summed E-state index contributed by atoms with van der Waals surface area (Å²) in [4.78, 5) is 1.60. The molecule has 0 aliphatic carbocycles. The van der Waals surface area contributed by atoms with Crippen LogP contribution in [0.5, 0.6) is 0 Å². The molecule has 0 saturated carbocycles. The first-order valence-electron chi connectivity index (χ1n) is 6.91. The van der Waals surface area contributed by atoms with Crippen molar-refractivity contribution in [2.24, 2.45) is 0 Å². The fraction of sp³-hybridized carbons (Fsp3) is 0.375. The Morgan fingerprint density at radius 1 is 1.19 bits per heavy atom. The molecule has 21 heavy (non-hydrogen) atoms. The van der Waals surface area contributed by atoms with Crippen LogP contribution in [-0.4, -0.2) is 13.1 Å². The van der Waals surface area contributed by atoms with Gasteiger partial charge in [-0.3, -0.25) is 0 Å². The van der Waals surface area contributed by atoms with Crippen LogP contribution < -0.4 is 10.2 Å². The van der Waals surface area contributed by atoms with E-state index >= 15 is 0 Å². The maximum Gasteiger partial charge on any atom is 0.149 e. The first kappa shape index (κ1) is 15.9. The lowest BCUT2D eigenvalue weighted by Gasteiger charge is -2.21. The molecule has 2 nitrogen and oxygen atoms in total. The van der Waals surface area contributed by atoms with Crippen molar-refractivity contribution in [1.29, 1.82) is 0 Å². The van der Waals surface area contributed by atoms with Crippen molar-refractivity contribution in [3.63, 3.8) is 0 Å². The quantitative estimate of drug-likeness (QED) is 0.862. The van der Waals surface area contributed by atoms with Gasteiger partial charge in [0, 0.05) is 26.2 Å². The minimum absolute atomic E-state index is 0.0227. The lowest BCUT2D eigenvalue weighted by molar-refractivity contribution is 0.557. The predicted molar refractivity (Wildman–Crippen MR) is 84.8 cm³/mol. The van der Waals surface area contributed by atoms with Crippen LogP contribution in [0.2, 0.25) is 0 Å². The molecule has 1 N–H and O–H groups in total. The van der Waals surface area contributed by atoms with Crippen molar-refractivity contribution in [1.82, 2.24) is 5.32 Å². The number of hydrogen-bond donors (Lipinski definition) is 1. The van der Waals surface area contributed by atoms with Crippen LogP contribution in [0.4, 0.5) is 14.5 Å². The summed E-state index contributed by atoms with van der Waals surface area (Å²) in [5.74, 6) is -1.04. The minimum atomic E-state index is -0.520. The number of nitrogens with one attached hydrogen (secondary N) is 1. The van der Waals surface area contributed by atoms with E-state index in [1.165, 1.54) is 12.1 Å². The summed E-state index contributed by atoms with van der Waals surface area (Å²) in [5, 5.41) is 7.09. The highest BCUT2D eigenvalue weighted by atomic mass is 32.1. The van der Waals surface area contributed by atoms with E-state index in [9.17, 15) is 8.78 Å². The number of rotatable bonds is 6. The van der Waals surface area contributed by atoms with Gasteiger partial charge in [-0.25, -0.2) is 8.78 Å². The second kappa shape index (κ2) is 7.00. The maximum atomic E-state index is 14.2. The summed E-state index contributed by atoms with van der Waals surface area (Å²) in [6.07, 6.45) is 0. The molecular weight excluding hydrogens is 290 g/mol. The predicted octanol–water partition coefficient (Wildman–Crippen LogP) is 4.16. The molecular formula is C16H20F2N2S. The molecule has 0 radical (unpaired) electrons. The summed E-state index contributed by atoms with van der Waals surface area (Å²) in [6.45, 7) is 4.94. The number of anilines is 1. The Labute approximate surface area is 128 Å². The molecule has 114 valence electrons. The number of hydrogen-bond acceptors (Lipinski definition) is 3. The highest BCUT2D eigenvalue weighted by Gasteiger charge is 2.16. The molecule has 0 spiro atoms. The Hall–Kier alpha value is -1.46. The zero-order chi connectivity index (χ0) is 15.4. The van der Waals surface area contributed by atoms with Crippen LogP contribution in [0.15, 0.2) is 29.0 Å². The third-order valence-electron chi connectivity index (χ3n) is 3.17. The van der Waals surface area contributed by atoms with Crippen LogP contribution in [0, 0.1) is 11.6 Å². The van der Waals surface area contributed by atoms with Crippen molar-refractivity contribution in [2.75, 3.05) is 11.9 Å². The van der Waals surface area contributed by atoms with Gasteiger partial charge in [-0.1, -0.05) is 13.8 Å².